The highest BCUT2D eigenvalue weighted by Gasteiger charge is 2.31. The van der Waals surface area contributed by atoms with Gasteiger partial charge in [0.2, 0.25) is 4.77 Å². The number of hydrogen-bond acceptors (Lipinski definition) is 5. The Bertz CT molecular complexity index is 1230. The number of rotatable bonds is 5. The van der Waals surface area contributed by atoms with Crippen LogP contribution in [-0.2, 0) is 16.5 Å². The van der Waals surface area contributed by atoms with Crippen molar-refractivity contribution in [2.24, 2.45) is 0 Å². The highest BCUT2D eigenvalue weighted by atomic mass is 35.5. The van der Waals surface area contributed by atoms with Crippen LogP contribution in [0, 0.1) is 11.7 Å². The zero-order chi connectivity index (χ0) is 21.5. The van der Waals surface area contributed by atoms with Gasteiger partial charge in [-0.2, -0.15) is 0 Å². The predicted octanol–water partition coefficient (Wildman–Crippen LogP) is 4.11. The summed E-state index contributed by atoms with van der Waals surface area (Å²) >= 11 is 11.9. The van der Waals surface area contributed by atoms with Crippen LogP contribution in [0.3, 0.4) is 0 Å². The Morgan fingerprint density at radius 1 is 1.20 bits per heavy atom. The smallest absolute Gasteiger partial charge is 0.204 e. The summed E-state index contributed by atoms with van der Waals surface area (Å²) in [4.78, 5) is 2.02. The van der Waals surface area contributed by atoms with E-state index in [1.807, 2.05) is 72.0 Å². The van der Waals surface area contributed by atoms with Crippen LogP contribution in [0.4, 0.5) is 0 Å². The molecule has 2 heterocycles. The molecule has 0 bridgehead atoms. The van der Waals surface area contributed by atoms with Gasteiger partial charge in [0.1, 0.15) is 0 Å². The highest BCUT2D eigenvalue weighted by molar-refractivity contribution is 7.91. The van der Waals surface area contributed by atoms with Gasteiger partial charge in [0.15, 0.2) is 15.7 Å². The summed E-state index contributed by atoms with van der Waals surface area (Å²) in [6.07, 6.45) is 0.634. The molecule has 0 aliphatic carbocycles. The standard InChI is InChI=1S/C21H23ClN4O2S2/c1-15-5-3-4-6-19(15)26-20(16-7-9-17(22)10-8-16)23-25(21(26)29)14-24(2)18-11-12-30(27,28)13-18/h3-10,18H,11-14H2,1-2H3/t18-/m1/s1. The lowest BCUT2D eigenvalue weighted by atomic mass is 10.1. The van der Waals surface area contributed by atoms with E-state index in [0.29, 0.717) is 22.9 Å². The molecule has 1 aromatic heterocycles. The first-order valence-electron chi connectivity index (χ1n) is 9.67. The van der Waals surface area contributed by atoms with Gasteiger partial charge in [0, 0.05) is 16.6 Å². The van der Waals surface area contributed by atoms with Gasteiger partial charge >= 0.3 is 0 Å². The Labute approximate surface area is 186 Å². The molecule has 30 heavy (non-hydrogen) atoms. The molecule has 6 nitrogen and oxygen atoms in total. The molecule has 1 aliphatic rings. The Balaban J connectivity index is 1.77. The summed E-state index contributed by atoms with van der Waals surface area (Å²) in [6, 6.07) is 15.5. The molecular formula is C21H23ClN4O2S2. The van der Waals surface area contributed by atoms with Crippen LogP contribution in [0.1, 0.15) is 12.0 Å². The number of hydrogen-bond donors (Lipinski definition) is 0. The molecular weight excluding hydrogens is 440 g/mol. The van der Waals surface area contributed by atoms with E-state index in [9.17, 15) is 8.42 Å². The summed E-state index contributed by atoms with van der Waals surface area (Å²) in [6.45, 7) is 2.45. The maximum absolute atomic E-state index is 11.9. The molecule has 2 aromatic carbocycles. The summed E-state index contributed by atoms with van der Waals surface area (Å²) in [5, 5.41) is 5.47. The zero-order valence-corrected chi connectivity index (χ0v) is 19.2. The Hall–Kier alpha value is -2.00. The Morgan fingerprint density at radius 2 is 1.90 bits per heavy atom. The van der Waals surface area contributed by atoms with E-state index in [1.165, 1.54) is 0 Å². The van der Waals surface area contributed by atoms with Crippen LogP contribution < -0.4 is 0 Å². The first kappa shape index (κ1) is 21.2. The van der Waals surface area contributed by atoms with Crippen LogP contribution in [0.2, 0.25) is 5.02 Å². The SMILES string of the molecule is Cc1ccccc1-n1c(-c2ccc(Cl)cc2)nn(CN(C)[C@@H]2CCS(=O)(=O)C2)c1=S. The van der Waals surface area contributed by atoms with E-state index in [0.717, 1.165) is 22.6 Å². The monoisotopic (exact) mass is 462 g/mol. The van der Waals surface area contributed by atoms with E-state index < -0.39 is 9.84 Å². The average molecular weight is 463 g/mol. The van der Waals surface area contributed by atoms with Crippen molar-refractivity contribution in [1.82, 2.24) is 19.2 Å². The van der Waals surface area contributed by atoms with E-state index >= 15 is 0 Å². The van der Waals surface area contributed by atoms with E-state index in [2.05, 4.69) is 0 Å². The molecule has 3 aromatic rings. The molecule has 0 unspecified atom stereocenters. The van der Waals surface area contributed by atoms with Gasteiger partial charge in [-0.3, -0.25) is 9.47 Å². The molecule has 158 valence electrons. The largest absolute Gasteiger partial charge is 0.283 e. The molecule has 1 fully saturated rings. The van der Waals surface area contributed by atoms with Crippen molar-refractivity contribution in [2.45, 2.75) is 26.1 Å². The number of nitrogens with zero attached hydrogens (tertiary/aromatic N) is 4. The first-order chi connectivity index (χ1) is 14.2. The third kappa shape index (κ3) is 4.23. The second kappa shape index (κ2) is 8.26. The molecule has 1 saturated heterocycles. The van der Waals surface area contributed by atoms with Gasteiger partial charge in [-0.1, -0.05) is 29.8 Å². The zero-order valence-electron chi connectivity index (χ0n) is 16.8. The number of benzene rings is 2. The van der Waals surface area contributed by atoms with Crippen molar-refractivity contribution in [3.63, 3.8) is 0 Å². The lowest BCUT2D eigenvalue weighted by molar-refractivity contribution is 0.196. The predicted molar refractivity (Wildman–Crippen MR) is 122 cm³/mol. The Kier molecular flexibility index (Phi) is 5.85. The molecule has 4 rings (SSSR count). The normalized spacial score (nSPS) is 18.2. The van der Waals surface area contributed by atoms with Crippen molar-refractivity contribution in [3.05, 3.63) is 63.9 Å². The Morgan fingerprint density at radius 3 is 2.53 bits per heavy atom. The van der Waals surface area contributed by atoms with Gasteiger partial charge in [0.25, 0.3) is 0 Å². The minimum Gasteiger partial charge on any atom is -0.283 e. The maximum Gasteiger partial charge on any atom is 0.204 e. The van der Waals surface area contributed by atoms with Crippen molar-refractivity contribution in [1.29, 1.82) is 0 Å². The number of sulfone groups is 1. The molecule has 1 aliphatic heterocycles. The van der Waals surface area contributed by atoms with E-state index in [-0.39, 0.29) is 17.5 Å². The third-order valence-electron chi connectivity index (χ3n) is 5.49. The van der Waals surface area contributed by atoms with Crippen molar-refractivity contribution in [2.75, 3.05) is 18.6 Å². The van der Waals surface area contributed by atoms with Gasteiger partial charge in [0.05, 0.1) is 23.9 Å². The first-order valence-corrected chi connectivity index (χ1v) is 12.3. The van der Waals surface area contributed by atoms with Gasteiger partial charge in [-0.25, -0.2) is 13.1 Å². The second-order valence-corrected chi connectivity index (χ2v) is 10.7. The molecule has 1 atom stereocenters. The fraction of sp³-hybridized carbons (Fsp3) is 0.333. The van der Waals surface area contributed by atoms with Crippen molar-refractivity contribution >= 4 is 33.7 Å². The molecule has 0 radical (unpaired) electrons. The highest BCUT2D eigenvalue weighted by Crippen LogP contribution is 2.26. The number of aryl methyl sites for hydroxylation is 1. The van der Waals surface area contributed by atoms with Crippen LogP contribution in [0.5, 0.6) is 0 Å². The minimum atomic E-state index is -2.96. The quantitative estimate of drug-likeness (QED) is 0.534. The minimum absolute atomic E-state index is 0.0282. The fourth-order valence-corrected chi connectivity index (χ4v) is 5.98. The maximum atomic E-state index is 11.9. The second-order valence-electron chi connectivity index (χ2n) is 7.69. The summed E-state index contributed by atoms with van der Waals surface area (Å²) < 4.78 is 28.0. The van der Waals surface area contributed by atoms with E-state index in [4.69, 9.17) is 28.9 Å². The number of aromatic nitrogens is 3. The molecule has 0 spiro atoms. The van der Waals surface area contributed by atoms with Crippen molar-refractivity contribution < 1.29 is 8.42 Å². The lowest BCUT2D eigenvalue weighted by Gasteiger charge is -2.22. The topological polar surface area (TPSA) is 60.1 Å². The van der Waals surface area contributed by atoms with Gasteiger partial charge < -0.3 is 0 Å². The van der Waals surface area contributed by atoms with Crippen molar-refractivity contribution in [3.8, 4) is 17.1 Å². The molecule has 0 amide bonds. The number of halogens is 1. The van der Waals surface area contributed by atoms with Crippen LogP contribution in [-0.4, -0.2) is 52.3 Å². The summed E-state index contributed by atoms with van der Waals surface area (Å²) in [5.41, 5.74) is 2.95. The fourth-order valence-electron chi connectivity index (χ4n) is 3.77. The van der Waals surface area contributed by atoms with Gasteiger partial charge in [-0.15, -0.1) is 5.10 Å². The molecule has 0 saturated carbocycles. The van der Waals surface area contributed by atoms with Crippen LogP contribution >= 0.6 is 23.8 Å². The third-order valence-corrected chi connectivity index (χ3v) is 7.88. The van der Waals surface area contributed by atoms with Gasteiger partial charge in [-0.05, 0) is 68.5 Å². The lowest BCUT2D eigenvalue weighted by Crippen LogP contribution is -2.34. The molecule has 9 heteroatoms. The summed E-state index contributed by atoms with van der Waals surface area (Å²) in [5.74, 6) is 1.14. The van der Waals surface area contributed by atoms with Crippen LogP contribution in [0.25, 0.3) is 17.1 Å². The molecule has 0 N–H and O–H groups in total. The number of para-hydroxylation sites is 1. The average Bonchev–Trinajstić information content (AvgIpc) is 3.23. The van der Waals surface area contributed by atoms with E-state index in [1.54, 1.807) is 4.68 Å². The van der Waals surface area contributed by atoms with Crippen LogP contribution in [0.15, 0.2) is 48.5 Å². The summed E-state index contributed by atoms with van der Waals surface area (Å²) in [7, 11) is -1.04.